The first-order chi connectivity index (χ1) is 16.7. The number of carbonyl (C=O) groups excluding carboxylic acids is 1. The number of amides is 1. The second kappa shape index (κ2) is 11.9. The first-order valence-electron chi connectivity index (χ1n) is 11.5. The van der Waals surface area contributed by atoms with Crippen LogP contribution in [0.5, 0.6) is 0 Å². The van der Waals surface area contributed by atoms with E-state index >= 15 is 0 Å². The first kappa shape index (κ1) is 26.3. The Morgan fingerprint density at radius 2 is 1.83 bits per heavy atom. The highest BCUT2D eigenvalue weighted by Gasteiger charge is 2.25. The molecule has 0 aromatic heterocycles. The predicted octanol–water partition coefficient (Wildman–Crippen LogP) is 1.91. The standard InChI is InChI=1S/C24H31N5O5S/c1-27(17-13-19-9-11-20(12-10-19)24-25-14-15-26-24)23(30)8-5-16-28(2)35(33,34)22-7-4-3-6-21(22)18-29(31)32/h3-4,6-7,9-12H,5,8,13-18H2,1-2H3,(H,25,26). The van der Waals surface area contributed by atoms with Gasteiger partial charge in [0.2, 0.25) is 22.5 Å². The van der Waals surface area contributed by atoms with Crippen molar-refractivity contribution in [1.82, 2.24) is 14.5 Å². The molecular formula is C24H31N5O5S. The third kappa shape index (κ3) is 7.09. The lowest BCUT2D eigenvalue weighted by atomic mass is 10.1. The Balaban J connectivity index is 1.46. The number of hydrogen-bond donors (Lipinski definition) is 1. The van der Waals surface area contributed by atoms with E-state index in [0.717, 1.165) is 34.4 Å². The van der Waals surface area contributed by atoms with Gasteiger partial charge in [0.15, 0.2) is 0 Å². The van der Waals surface area contributed by atoms with Gasteiger partial charge in [0.05, 0.1) is 11.4 Å². The van der Waals surface area contributed by atoms with Crippen molar-refractivity contribution in [2.24, 2.45) is 4.99 Å². The summed E-state index contributed by atoms with van der Waals surface area (Å²) in [4.78, 5) is 28.8. The molecule has 0 spiro atoms. The molecule has 0 saturated carbocycles. The van der Waals surface area contributed by atoms with E-state index in [1.54, 1.807) is 18.0 Å². The lowest BCUT2D eigenvalue weighted by Crippen LogP contribution is -2.32. The quantitative estimate of drug-likeness (QED) is 0.350. The number of amidine groups is 1. The third-order valence-corrected chi connectivity index (χ3v) is 7.84. The van der Waals surface area contributed by atoms with Gasteiger partial charge in [-0.05, 0) is 24.5 Å². The van der Waals surface area contributed by atoms with Crippen LogP contribution in [-0.2, 0) is 27.8 Å². The van der Waals surface area contributed by atoms with Crippen molar-refractivity contribution in [2.45, 2.75) is 30.7 Å². The van der Waals surface area contributed by atoms with Crippen LogP contribution in [0.2, 0.25) is 0 Å². The molecule has 2 aromatic rings. The largest absolute Gasteiger partial charge is 0.368 e. The minimum absolute atomic E-state index is 0.0642. The van der Waals surface area contributed by atoms with Crippen molar-refractivity contribution in [3.05, 3.63) is 75.3 Å². The van der Waals surface area contributed by atoms with E-state index in [1.165, 1.54) is 25.2 Å². The van der Waals surface area contributed by atoms with Crippen LogP contribution in [0, 0.1) is 10.1 Å². The highest BCUT2D eigenvalue weighted by Crippen LogP contribution is 2.20. The van der Waals surface area contributed by atoms with Crippen LogP contribution < -0.4 is 5.32 Å². The van der Waals surface area contributed by atoms with Crippen molar-refractivity contribution in [2.75, 3.05) is 40.3 Å². The van der Waals surface area contributed by atoms with Crippen molar-refractivity contribution in [3.63, 3.8) is 0 Å². The second-order valence-electron chi connectivity index (χ2n) is 8.45. The molecule has 0 aliphatic carbocycles. The summed E-state index contributed by atoms with van der Waals surface area (Å²) in [5, 5.41) is 14.1. The van der Waals surface area contributed by atoms with Gasteiger partial charge >= 0.3 is 0 Å². The van der Waals surface area contributed by atoms with Gasteiger partial charge in [0.1, 0.15) is 5.84 Å². The Hall–Kier alpha value is -3.31. The van der Waals surface area contributed by atoms with E-state index in [9.17, 15) is 23.3 Å². The molecule has 1 aliphatic heterocycles. The summed E-state index contributed by atoms with van der Waals surface area (Å²) >= 11 is 0. The monoisotopic (exact) mass is 501 g/mol. The van der Waals surface area contributed by atoms with E-state index in [0.29, 0.717) is 19.4 Å². The summed E-state index contributed by atoms with van der Waals surface area (Å²) in [6.07, 6.45) is 1.27. The molecule has 1 aliphatic rings. The average molecular weight is 502 g/mol. The molecule has 188 valence electrons. The van der Waals surface area contributed by atoms with Crippen LogP contribution in [0.4, 0.5) is 0 Å². The number of nitrogens with one attached hydrogen (secondary N) is 1. The zero-order chi connectivity index (χ0) is 25.4. The molecule has 0 bridgehead atoms. The summed E-state index contributed by atoms with van der Waals surface area (Å²) in [7, 11) is -0.741. The van der Waals surface area contributed by atoms with E-state index in [2.05, 4.69) is 10.3 Å². The number of benzene rings is 2. The third-order valence-electron chi connectivity index (χ3n) is 5.89. The normalized spacial score (nSPS) is 13.4. The molecule has 1 amide bonds. The fourth-order valence-electron chi connectivity index (χ4n) is 3.80. The minimum Gasteiger partial charge on any atom is -0.368 e. The zero-order valence-electron chi connectivity index (χ0n) is 20.0. The molecule has 11 heteroatoms. The maximum atomic E-state index is 12.9. The van der Waals surface area contributed by atoms with Crippen LogP contribution in [0.1, 0.15) is 29.5 Å². The van der Waals surface area contributed by atoms with Gasteiger partial charge in [-0.2, -0.15) is 0 Å². The summed E-state index contributed by atoms with van der Waals surface area (Å²) < 4.78 is 27.0. The molecule has 3 rings (SSSR count). The summed E-state index contributed by atoms with van der Waals surface area (Å²) in [5.41, 5.74) is 2.31. The smallest absolute Gasteiger partial charge is 0.243 e. The predicted molar refractivity (Wildman–Crippen MR) is 133 cm³/mol. The van der Waals surface area contributed by atoms with Gasteiger partial charge in [-0.3, -0.25) is 19.9 Å². The number of aliphatic imine (C=N–C) groups is 1. The molecule has 0 unspecified atom stereocenters. The molecule has 1 N–H and O–H groups in total. The topological polar surface area (TPSA) is 125 Å². The van der Waals surface area contributed by atoms with Gasteiger partial charge in [-0.25, -0.2) is 12.7 Å². The second-order valence-corrected chi connectivity index (χ2v) is 10.5. The molecule has 0 radical (unpaired) electrons. The Kier molecular flexibility index (Phi) is 8.94. The highest BCUT2D eigenvalue weighted by molar-refractivity contribution is 7.89. The van der Waals surface area contributed by atoms with Gasteiger partial charge in [-0.1, -0.05) is 42.5 Å². The van der Waals surface area contributed by atoms with Crippen LogP contribution in [0.25, 0.3) is 0 Å². The molecular weight excluding hydrogens is 470 g/mol. The van der Waals surface area contributed by atoms with Crippen LogP contribution >= 0.6 is 0 Å². The maximum Gasteiger partial charge on any atom is 0.243 e. The van der Waals surface area contributed by atoms with E-state index in [-0.39, 0.29) is 29.3 Å². The van der Waals surface area contributed by atoms with Crippen LogP contribution in [0.15, 0.2) is 58.4 Å². The number of sulfonamides is 1. The molecule has 0 fully saturated rings. The van der Waals surface area contributed by atoms with E-state index < -0.39 is 21.5 Å². The Morgan fingerprint density at radius 1 is 1.11 bits per heavy atom. The van der Waals surface area contributed by atoms with Gasteiger partial charge in [-0.15, -0.1) is 0 Å². The van der Waals surface area contributed by atoms with Crippen molar-refractivity contribution >= 4 is 21.8 Å². The highest BCUT2D eigenvalue weighted by atomic mass is 32.2. The Bertz CT molecular complexity index is 1180. The molecule has 2 aromatic carbocycles. The zero-order valence-corrected chi connectivity index (χ0v) is 20.8. The number of nitrogens with zero attached hydrogens (tertiary/aromatic N) is 4. The molecule has 0 atom stereocenters. The summed E-state index contributed by atoms with van der Waals surface area (Å²) in [6, 6.07) is 14.0. The fraction of sp³-hybridized carbons (Fsp3) is 0.417. The van der Waals surface area contributed by atoms with Crippen molar-refractivity contribution in [3.8, 4) is 0 Å². The number of carbonyl (C=O) groups is 1. The average Bonchev–Trinajstić information content (AvgIpc) is 3.37. The van der Waals surface area contributed by atoms with E-state index in [4.69, 9.17) is 0 Å². The SMILES string of the molecule is CN(CCc1ccc(C2=NCCN2)cc1)C(=O)CCCN(C)S(=O)(=O)c1ccccc1C[N+](=O)[O-]. The van der Waals surface area contributed by atoms with Gasteiger partial charge in [0.25, 0.3) is 0 Å². The Morgan fingerprint density at radius 3 is 2.49 bits per heavy atom. The molecule has 1 heterocycles. The fourth-order valence-corrected chi connectivity index (χ4v) is 5.22. The van der Waals surface area contributed by atoms with Gasteiger partial charge < -0.3 is 10.2 Å². The number of likely N-dealkylation sites (N-methyl/N-ethyl adjacent to an activating group) is 1. The lowest BCUT2D eigenvalue weighted by Gasteiger charge is -2.20. The van der Waals surface area contributed by atoms with E-state index in [1.807, 2.05) is 24.3 Å². The first-order valence-corrected chi connectivity index (χ1v) is 12.9. The minimum atomic E-state index is -3.90. The van der Waals surface area contributed by atoms with Crippen molar-refractivity contribution < 1.29 is 18.1 Å². The molecule has 35 heavy (non-hydrogen) atoms. The molecule has 10 nitrogen and oxygen atoms in total. The summed E-state index contributed by atoms with van der Waals surface area (Å²) in [6.45, 7) is 1.77. The number of rotatable bonds is 12. The Labute approximate surface area is 205 Å². The number of nitro groups is 1. The van der Waals surface area contributed by atoms with Crippen molar-refractivity contribution in [1.29, 1.82) is 0 Å². The van der Waals surface area contributed by atoms with Crippen LogP contribution in [-0.4, -0.2) is 74.6 Å². The van der Waals surface area contributed by atoms with Crippen LogP contribution in [0.3, 0.4) is 0 Å². The number of hydrogen-bond acceptors (Lipinski definition) is 7. The molecule has 0 saturated heterocycles. The lowest BCUT2D eigenvalue weighted by molar-refractivity contribution is -0.497. The summed E-state index contributed by atoms with van der Waals surface area (Å²) in [5.74, 6) is 0.850. The van der Waals surface area contributed by atoms with Gasteiger partial charge in [0, 0.05) is 56.2 Å². The maximum absolute atomic E-state index is 12.9.